The van der Waals surface area contributed by atoms with E-state index in [-0.39, 0.29) is 5.84 Å². The van der Waals surface area contributed by atoms with Gasteiger partial charge in [0.05, 0.1) is 6.61 Å². The van der Waals surface area contributed by atoms with Gasteiger partial charge in [0.2, 0.25) is 0 Å². The van der Waals surface area contributed by atoms with E-state index in [4.69, 9.17) is 15.7 Å². The maximum absolute atomic E-state index is 8.66. The van der Waals surface area contributed by atoms with Crippen molar-refractivity contribution < 1.29 is 9.94 Å². The molecule has 5 heteroatoms. The fourth-order valence-electron chi connectivity index (χ4n) is 1.90. The SMILES string of the molecule is Cc1cc(/C(N)=N/O)ccc1CNCCOCCC(C)C. The molecule has 0 spiro atoms. The minimum Gasteiger partial charge on any atom is -0.409 e. The van der Waals surface area contributed by atoms with Crippen LogP contribution in [-0.4, -0.2) is 30.8 Å². The average Bonchev–Trinajstić information content (AvgIpc) is 2.46. The second-order valence-corrected chi connectivity index (χ2v) is 5.60. The lowest BCUT2D eigenvalue weighted by Gasteiger charge is -2.10. The molecule has 0 aliphatic rings. The molecule has 5 nitrogen and oxygen atoms in total. The number of benzene rings is 1. The number of nitrogens with two attached hydrogens (primary N) is 1. The summed E-state index contributed by atoms with van der Waals surface area (Å²) < 4.78 is 5.56. The first-order valence-electron chi connectivity index (χ1n) is 7.40. The van der Waals surface area contributed by atoms with E-state index in [1.165, 1.54) is 5.56 Å². The number of hydrogen-bond donors (Lipinski definition) is 3. The zero-order valence-electron chi connectivity index (χ0n) is 13.2. The van der Waals surface area contributed by atoms with Gasteiger partial charge >= 0.3 is 0 Å². The Hall–Kier alpha value is -1.59. The molecule has 0 bridgehead atoms. The minimum absolute atomic E-state index is 0.135. The Morgan fingerprint density at radius 1 is 1.38 bits per heavy atom. The number of rotatable bonds is 9. The Labute approximate surface area is 127 Å². The molecule has 1 rings (SSSR count). The van der Waals surface area contributed by atoms with Crippen LogP contribution in [0.2, 0.25) is 0 Å². The smallest absolute Gasteiger partial charge is 0.170 e. The lowest BCUT2D eigenvalue weighted by Crippen LogP contribution is -2.20. The third kappa shape index (κ3) is 6.60. The highest BCUT2D eigenvalue weighted by atomic mass is 16.5. The third-order valence-electron chi connectivity index (χ3n) is 3.32. The highest BCUT2D eigenvalue weighted by Crippen LogP contribution is 2.11. The molecule has 118 valence electrons. The van der Waals surface area contributed by atoms with Crippen molar-refractivity contribution in [3.05, 3.63) is 34.9 Å². The van der Waals surface area contributed by atoms with Crippen molar-refractivity contribution in [2.45, 2.75) is 33.7 Å². The minimum atomic E-state index is 0.135. The van der Waals surface area contributed by atoms with Crippen LogP contribution in [0.3, 0.4) is 0 Å². The molecule has 1 aromatic carbocycles. The molecule has 0 atom stereocenters. The molecule has 0 heterocycles. The Balaban J connectivity index is 2.30. The molecule has 0 aliphatic carbocycles. The number of aryl methyl sites for hydroxylation is 1. The Morgan fingerprint density at radius 3 is 2.76 bits per heavy atom. The van der Waals surface area contributed by atoms with Gasteiger partial charge < -0.3 is 21.0 Å². The summed E-state index contributed by atoms with van der Waals surface area (Å²) in [6.45, 7) is 9.59. The summed E-state index contributed by atoms with van der Waals surface area (Å²) in [5.74, 6) is 0.824. The maximum atomic E-state index is 8.66. The van der Waals surface area contributed by atoms with Gasteiger partial charge in [-0.15, -0.1) is 0 Å². The van der Waals surface area contributed by atoms with Crippen LogP contribution in [0.15, 0.2) is 23.4 Å². The summed E-state index contributed by atoms with van der Waals surface area (Å²) >= 11 is 0. The summed E-state index contributed by atoms with van der Waals surface area (Å²) in [4.78, 5) is 0. The van der Waals surface area contributed by atoms with Crippen LogP contribution in [0.25, 0.3) is 0 Å². The number of amidine groups is 1. The van der Waals surface area contributed by atoms with Crippen LogP contribution in [-0.2, 0) is 11.3 Å². The van der Waals surface area contributed by atoms with Gasteiger partial charge in [-0.1, -0.05) is 31.1 Å². The first kappa shape index (κ1) is 17.5. The molecule has 0 radical (unpaired) electrons. The van der Waals surface area contributed by atoms with Crippen LogP contribution in [0.4, 0.5) is 0 Å². The lowest BCUT2D eigenvalue weighted by atomic mass is 10.0. The van der Waals surface area contributed by atoms with E-state index in [1.807, 2.05) is 25.1 Å². The first-order valence-corrected chi connectivity index (χ1v) is 7.40. The van der Waals surface area contributed by atoms with Gasteiger partial charge in [0.25, 0.3) is 0 Å². The zero-order chi connectivity index (χ0) is 15.7. The number of hydrogen-bond acceptors (Lipinski definition) is 4. The second-order valence-electron chi connectivity index (χ2n) is 5.60. The zero-order valence-corrected chi connectivity index (χ0v) is 13.2. The van der Waals surface area contributed by atoms with Crippen LogP contribution in [0.5, 0.6) is 0 Å². The summed E-state index contributed by atoms with van der Waals surface area (Å²) in [5.41, 5.74) is 8.62. The van der Waals surface area contributed by atoms with Crippen molar-refractivity contribution in [3.63, 3.8) is 0 Å². The van der Waals surface area contributed by atoms with Gasteiger partial charge in [-0.05, 0) is 36.5 Å². The summed E-state index contributed by atoms with van der Waals surface area (Å²) in [7, 11) is 0. The molecule has 0 fully saturated rings. The predicted octanol–water partition coefficient (Wildman–Crippen LogP) is 2.24. The van der Waals surface area contributed by atoms with Crippen molar-refractivity contribution in [1.29, 1.82) is 0 Å². The van der Waals surface area contributed by atoms with E-state index in [1.54, 1.807) is 0 Å². The van der Waals surface area contributed by atoms with E-state index in [9.17, 15) is 0 Å². The van der Waals surface area contributed by atoms with E-state index in [2.05, 4.69) is 24.3 Å². The highest BCUT2D eigenvalue weighted by molar-refractivity contribution is 5.97. The number of nitrogens with zero attached hydrogens (tertiary/aromatic N) is 1. The van der Waals surface area contributed by atoms with Crippen LogP contribution in [0, 0.1) is 12.8 Å². The van der Waals surface area contributed by atoms with Crippen LogP contribution in [0.1, 0.15) is 37.0 Å². The van der Waals surface area contributed by atoms with E-state index < -0.39 is 0 Å². The highest BCUT2D eigenvalue weighted by Gasteiger charge is 2.03. The first-order chi connectivity index (χ1) is 10.0. The molecular weight excluding hydrogens is 266 g/mol. The molecule has 0 amide bonds. The average molecular weight is 293 g/mol. The van der Waals surface area contributed by atoms with Crippen molar-refractivity contribution in [3.8, 4) is 0 Å². The van der Waals surface area contributed by atoms with Gasteiger partial charge in [-0.25, -0.2) is 0 Å². The van der Waals surface area contributed by atoms with E-state index in [0.717, 1.165) is 43.9 Å². The summed E-state index contributed by atoms with van der Waals surface area (Å²) in [6, 6.07) is 5.78. The maximum Gasteiger partial charge on any atom is 0.170 e. The topological polar surface area (TPSA) is 79.9 Å². The van der Waals surface area contributed by atoms with Gasteiger partial charge in [0.1, 0.15) is 0 Å². The van der Waals surface area contributed by atoms with Gasteiger partial charge in [-0.2, -0.15) is 0 Å². The molecule has 0 aliphatic heterocycles. The van der Waals surface area contributed by atoms with Crippen molar-refractivity contribution in [2.75, 3.05) is 19.8 Å². The van der Waals surface area contributed by atoms with E-state index >= 15 is 0 Å². The normalized spacial score (nSPS) is 12.1. The molecule has 21 heavy (non-hydrogen) atoms. The number of oxime groups is 1. The molecule has 1 aromatic rings. The van der Waals surface area contributed by atoms with Crippen LogP contribution >= 0.6 is 0 Å². The predicted molar refractivity (Wildman–Crippen MR) is 85.7 cm³/mol. The Kier molecular flexibility index (Phi) is 7.79. The fraction of sp³-hybridized carbons (Fsp3) is 0.562. The van der Waals surface area contributed by atoms with Crippen molar-refractivity contribution in [1.82, 2.24) is 5.32 Å². The fourth-order valence-corrected chi connectivity index (χ4v) is 1.90. The second kappa shape index (κ2) is 9.37. The number of ether oxygens (including phenoxy) is 1. The van der Waals surface area contributed by atoms with Crippen molar-refractivity contribution in [2.24, 2.45) is 16.8 Å². The largest absolute Gasteiger partial charge is 0.409 e. The van der Waals surface area contributed by atoms with E-state index in [0.29, 0.717) is 5.92 Å². The standard InChI is InChI=1S/C16H27N3O2/c1-12(2)6-8-21-9-7-18-11-15-5-4-14(10-13(15)3)16(17)19-20/h4-5,10,12,18,20H,6-9,11H2,1-3H3,(H2,17,19). The van der Waals surface area contributed by atoms with Crippen molar-refractivity contribution >= 4 is 5.84 Å². The molecule has 0 saturated heterocycles. The van der Waals surface area contributed by atoms with Gasteiger partial charge in [-0.3, -0.25) is 0 Å². The Bertz CT molecular complexity index is 459. The summed E-state index contributed by atoms with van der Waals surface area (Å²) in [5, 5.41) is 15.0. The van der Waals surface area contributed by atoms with Gasteiger partial charge in [0, 0.05) is 25.3 Å². The monoisotopic (exact) mass is 293 g/mol. The molecule has 4 N–H and O–H groups in total. The Morgan fingerprint density at radius 2 is 2.14 bits per heavy atom. The molecule has 0 unspecified atom stereocenters. The molecular formula is C16H27N3O2. The third-order valence-corrected chi connectivity index (χ3v) is 3.32. The lowest BCUT2D eigenvalue weighted by molar-refractivity contribution is 0.125. The quantitative estimate of drug-likeness (QED) is 0.214. The molecule has 0 aromatic heterocycles. The summed E-state index contributed by atoms with van der Waals surface area (Å²) in [6.07, 6.45) is 1.11. The van der Waals surface area contributed by atoms with Gasteiger partial charge in [0.15, 0.2) is 5.84 Å². The number of nitrogens with one attached hydrogen (secondary N) is 1. The van der Waals surface area contributed by atoms with Crippen LogP contribution < -0.4 is 11.1 Å². The molecule has 0 saturated carbocycles.